The third-order valence-electron chi connectivity index (χ3n) is 10.0. The first kappa shape index (κ1) is 41.0. The molecule has 5 rings (SSSR count). The van der Waals surface area contributed by atoms with E-state index in [9.17, 15) is 30.2 Å². The molecule has 0 radical (unpaired) electrons. The Kier molecular flexibility index (Phi) is 14.1. The first-order valence-electron chi connectivity index (χ1n) is 18.2. The number of aliphatic hydroxyl groups excluding tert-OH is 1. The molecular weight excluding hydrogens is 724 g/mol. The number of ether oxygens (including phenoxy) is 3. The van der Waals surface area contributed by atoms with Crippen LogP contribution in [-0.2, 0) is 29.3 Å². The Morgan fingerprint density at radius 1 is 0.982 bits per heavy atom. The van der Waals surface area contributed by atoms with Gasteiger partial charge in [0.25, 0.3) is 0 Å². The number of aliphatic hydroxyl groups is 1. The zero-order valence-corrected chi connectivity index (χ0v) is 32.1. The molecule has 2 heterocycles. The fourth-order valence-corrected chi connectivity index (χ4v) is 6.76. The maximum Gasteiger partial charge on any atom is 0.326 e. The average molecular weight is 771 g/mol. The Labute approximate surface area is 326 Å². The molecule has 0 unspecified atom stereocenters. The lowest BCUT2D eigenvalue weighted by atomic mass is 9.93. The van der Waals surface area contributed by atoms with E-state index in [1.54, 1.807) is 24.4 Å². The predicted molar refractivity (Wildman–Crippen MR) is 207 cm³/mol. The third kappa shape index (κ3) is 10.5. The van der Waals surface area contributed by atoms with Crippen LogP contribution in [0.15, 0.2) is 67.0 Å². The number of hydrogen-bond acceptors (Lipinski definition) is 10. The van der Waals surface area contributed by atoms with E-state index in [1.807, 2.05) is 38.1 Å². The predicted octanol–water partition coefficient (Wildman–Crippen LogP) is 6.54. The number of piperidine rings is 1. The van der Waals surface area contributed by atoms with E-state index in [4.69, 9.17) is 25.8 Å². The summed E-state index contributed by atoms with van der Waals surface area (Å²) in [6, 6.07) is 19.1. The largest absolute Gasteiger partial charge is 0.493 e. The van der Waals surface area contributed by atoms with Gasteiger partial charge in [-0.15, -0.1) is 0 Å². The van der Waals surface area contributed by atoms with Crippen molar-refractivity contribution in [1.82, 2.24) is 15.2 Å². The topological polar surface area (TPSA) is 174 Å². The van der Waals surface area contributed by atoms with Gasteiger partial charge in [-0.1, -0.05) is 41.9 Å². The van der Waals surface area contributed by atoms with Crippen LogP contribution in [0.25, 0.3) is 11.1 Å². The molecule has 1 fully saturated rings. The summed E-state index contributed by atoms with van der Waals surface area (Å²) in [5, 5.41) is 41.3. The van der Waals surface area contributed by atoms with Gasteiger partial charge in [-0.25, -0.2) is 0 Å². The van der Waals surface area contributed by atoms with Crippen molar-refractivity contribution >= 4 is 23.5 Å². The standard InChI is InChI=1S/C42H47ClN4O8/c1-27-32(8-4-10-34(27)35-11-5-12-37(28(35)2)53-15-7-14-47-13-6-9-31(23-47)40(49)50)25-55-39-18-38(54-24-30-16-29(19-44)20-45-21-30)33(17-36(39)43)22-46-42(3,26-48)41(51)52/h4-5,8,10-12,16-18,20-21,31,46,48H,6-7,9,13-15,22-26H2,1-3H3,(H,49,50)(H,51,52)/t31-,42-/m0/s1. The first-order chi connectivity index (χ1) is 26.4. The van der Waals surface area contributed by atoms with Crippen molar-refractivity contribution in [2.75, 3.05) is 32.8 Å². The van der Waals surface area contributed by atoms with E-state index < -0.39 is 24.1 Å². The highest BCUT2D eigenvalue weighted by Gasteiger charge is 2.32. The zero-order valence-electron chi connectivity index (χ0n) is 31.3. The summed E-state index contributed by atoms with van der Waals surface area (Å²) in [5.74, 6) is -0.702. The van der Waals surface area contributed by atoms with Crippen LogP contribution in [-0.4, -0.2) is 75.5 Å². The molecule has 0 spiro atoms. The lowest BCUT2D eigenvalue weighted by Gasteiger charge is -2.30. The SMILES string of the molecule is Cc1c(COc2cc(OCc3cncc(C#N)c3)c(CN[C@@](C)(CO)C(=O)O)cc2Cl)cccc1-c1cccc(OCCCN2CCC[C@H](C(=O)O)C2)c1C. The number of benzene rings is 3. The molecule has 0 bridgehead atoms. The molecule has 0 saturated carbocycles. The van der Waals surface area contributed by atoms with Gasteiger partial charge < -0.3 is 34.4 Å². The van der Waals surface area contributed by atoms with E-state index in [2.05, 4.69) is 33.4 Å². The number of aliphatic carboxylic acids is 2. The monoisotopic (exact) mass is 770 g/mol. The molecule has 2 atom stereocenters. The van der Waals surface area contributed by atoms with Crippen LogP contribution in [0.4, 0.5) is 0 Å². The Morgan fingerprint density at radius 2 is 1.73 bits per heavy atom. The van der Waals surface area contributed by atoms with Crippen molar-refractivity contribution in [2.24, 2.45) is 5.92 Å². The highest BCUT2D eigenvalue weighted by Crippen LogP contribution is 2.36. The number of halogens is 1. The number of carboxylic acid groups (broad SMARTS) is 2. The summed E-state index contributed by atoms with van der Waals surface area (Å²) in [5.41, 5.74) is 5.03. The van der Waals surface area contributed by atoms with Crippen LogP contribution in [0.2, 0.25) is 5.02 Å². The fourth-order valence-electron chi connectivity index (χ4n) is 6.52. The molecule has 55 heavy (non-hydrogen) atoms. The maximum absolute atomic E-state index is 11.8. The van der Waals surface area contributed by atoms with Gasteiger partial charge in [0.2, 0.25) is 0 Å². The van der Waals surface area contributed by atoms with Gasteiger partial charge in [0, 0.05) is 49.2 Å². The summed E-state index contributed by atoms with van der Waals surface area (Å²) >= 11 is 6.73. The van der Waals surface area contributed by atoms with Crippen LogP contribution in [0.1, 0.15) is 59.6 Å². The first-order valence-corrected chi connectivity index (χ1v) is 18.6. The second-order valence-electron chi connectivity index (χ2n) is 14.0. The van der Waals surface area contributed by atoms with Gasteiger partial charge in [0.1, 0.15) is 42.1 Å². The minimum Gasteiger partial charge on any atom is -0.493 e. The lowest BCUT2D eigenvalue weighted by molar-refractivity contribution is -0.146. The number of nitrogens with zero attached hydrogens (tertiary/aromatic N) is 3. The molecule has 1 aliphatic rings. The molecule has 290 valence electrons. The van der Waals surface area contributed by atoms with Crippen molar-refractivity contribution in [3.63, 3.8) is 0 Å². The number of carbonyl (C=O) groups is 2. The van der Waals surface area contributed by atoms with E-state index in [0.29, 0.717) is 41.3 Å². The Hall–Kier alpha value is -5.19. The van der Waals surface area contributed by atoms with E-state index in [0.717, 1.165) is 65.9 Å². The number of rotatable bonds is 18. The number of hydrogen-bond donors (Lipinski definition) is 4. The lowest BCUT2D eigenvalue weighted by Crippen LogP contribution is -2.52. The highest BCUT2D eigenvalue weighted by molar-refractivity contribution is 6.32. The smallest absolute Gasteiger partial charge is 0.326 e. The second kappa shape index (κ2) is 18.9. The number of nitrogens with one attached hydrogen (secondary N) is 1. The minimum atomic E-state index is -1.60. The van der Waals surface area contributed by atoms with Crippen molar-refractivity contribution in [3.8, 4) is 34.4 Å². The van der Waals surface area contributed by atoms with E-state index >= 15 is 0 Å². The summed E-state index contributed by atoms with van der Waals surface area (Å²) in [7, 11) is 0. The molecule has 12 nitrogen and oxygen atoms in total. The number of carboxylic acids is 2. The van der Waals surface area contributed by atoms with Gasteiger partial charge >= 0.3 is 11.9 Å². The molecule has 1 aromatic heterocycles. The molecular formula is C42H47ClN4O8. The highest BCUT2D eigenvalue weighted by atomic mass is 35.5. The van der Waals surface area contributed by atoms with Gasteiger partial charge in [0.15, 0.2) is 0 Å². The van der Waals surface area contributed by atoms with Gasteiger partial charge in [-0.2, -0.15) is 5.26 Å². The molecule has 13 heteroatoms. The molecule has 1 aliphatic heterocycles. The summed E-state index contributed by atoms with van der Waals surface area (Å²) in [4.78, 5) is 29.6. The quantitative estimate of drug-likeness (QED) is 0.0806. The van der Waals surface area contributed by atoms with Crippen LogP contribution in [0.5, 0.6) is 17.2 Å². The minimum absolute atomic E-state index is 0.0180. The third-order valence-corrected chi connectivity index (χ3v) is 10.3. The number of nitriles is 1. The normalized spacial score (nSPS) is 15.5. The number of pyridine rings is 1. The van der Waals surface area contributed by atoms with Gasteiger partial charge in [-0.05, 0) is 92.6 Å². The summed E-state index contributed by atoms with van der Waals surface area (Å²) in [6.45, 7) is 7.93. The Morgan fingerprint density at radius 3 is 2.45 bits per heavy atom. The molecule has 4 aromatic rings. The zero-order chi connectivity index (χ0) is 39.5. The van der Waals surface area contributed by atoms with E-state index in [1.165, 1.54) is 13.1 Å². The number of likely N-dealkylation sites (tertiary alicyclic amines) is 1. The maximum atomic E-state index is 11.8. The van der Waals surface area contributed by atoms with Gasteiger partial charge in [0.05, 0.1) is 29.7 Å². The van der Waals surface area contributed by atoms with Gasteiger partial charge in [-0.3, -0.25) is 19.9 Å². The Bertz CT molecular complexity index is 2040. The van der Waals surface area contributed by atoms with E-state index in [-0.39, 0.29) is 30.7 Å². The van der Waals surface area contributed by atoms with Crippen molar-refractivity contribution in [1.29, 1.82) is 5.26 Å². The Balaban J connectivity index is 1.29. The van der Waals surface area contributed by atoms with Crippen LogP contribution >= 0.6 is 11.6 Å². The second-order valence-corrected chi connectivity index (χ2v) is 14.4. The molecule has 4 N–H and O–H groups in total. The molecule has 0 aliphatic carbocycles. The average Bonchev–Trinajstić information content (AvgIpc) is 3.19. The van der Waals surface area contributed by atoms with Crippen LogP contribution < -0.4 is 19.5 Å². The van der Waals surface area contributed by atoms with Crippen LogP contribution in [0, 0.1) is 31.1 Å². The number of aromatic nitrogens is 1. The molecule has 1 saturated heterocycles. The van der Waals surface area contributed by atoms with Crippen molar-refractivity contribution in [3.05, 3.63) is 105 Å². The van der Waals surface area contributed by atoms with Crippen LogP contribution in [0.3, 0.4) is 0 Å². The molecule has 3 aromatic carbocycles. The summed E-state index contributed by atoms with van der Waals surface area (Å²) in [6.07, 6.45) is 5.48. The molecule has 0 amide bonds. The fraction of sp³-hybridized carbons (Fsp3) is 0.381. The summed E-state index contributed by atoms with van der Waals surface area (Å²) < 4.78 is 18.7. The van der Waals surface area contributed by atoms with Crippen molar-refractivity contribution < 1.29 is 39.1 Å². The van der Waals surface area contributed by atoms with Crippen molar-refractivity contribution in [2.45, 2.75) is 65.3 Å².